The number of anilines is 1. The van der Waals surface area contributed by atoms with Gasteiger partial charge in [0.15, 0.2) is 11.5 Å². The molecule has 1 aliphatic heterocycles. The molecule has 2 amide bonds. The van der Waals surface area contributed by atoms with E-state index in [0.29, 0.717) is 57.9 Å². The van der Waals surface area contributed by atoms with Crippen LogP contribution < -0.4 is 24.8 Å². The van der Waals surface area contributed by atoms with Crippen molar-refractivity contribution >= 4 is 34.2 Å². The highest BCUT2D eigenvalue weighted by Crippen LogP contribution is 2.37. The summed E-state index contributed by atoms with van der Waals surface area (Å²) in [5, 5.41) is 6.58. The first-order valence-electron chi connectivity index (χ1n) is 12.8. The molecular weight excluding hydrogens is 494 g/mol. The zero-order valence-electron chi connectivity index (χ0n) is 21.4. The largest absolute Gasteiger partial charge is 0.493 e. The van der Waals surface area contributed by atoms with Crippen LogP contribution in [0.2, 0.25) is 5.02 Å². The molecule has 0 unspecified atom stereocenters. The number of rotatable bonds is 12. The van der Waals surface area contributed by atoms with E-state index in [2.05, 4.69) is 32.4 Å². The van der Waals surface area contributed by atoms with E-state index >= 15 is 0 Å². The first-order chi connectivity index (χ1) is 18.1. The molecule has 2 heterocycles. The minimum Gasteiger partial charge on any atom is -0.493 e. The Labute approximate surface area is 222 Å². The number of hydrogen-bond acceptors (Lipinski definition) is 7. The summed E-state index contributed by atoms with van der Waals surface area (Å²) in [4.78, 5) is 23.2. The fraction of sp³-hybridized carbons (Fsp3) is 0.444. The molecule has 0 spiro atoms. The number of amides is 2. The van der Waals surface area contributed by atoms with Gasteiger partial charge in [0.25, 0.3) is 0 Å². The van der Waals surface area contributed by atoms with Gasteiger partial charge in [-0.3, -0.25) is 0 Å². The minimum atomic E-state index is -0.299. The van der Waals surface area contributed by atoms with Crippen molar-refractivity contribution in [2.75, 3.05) is 45.2 Å². The van der Waals surface area contributed by atoms with Gasteiger partial charge >= 0.3 is 6.03 Å². The predicted molar refractivity (Wildman–Crippen MR) is 145 cm³/mol. The van der Waals surface area contributed by atoms with Crippen molar-refractivity contribution in [1.82, 2.24) is 20.2 Å². The van der Waals surface area contributed by atoms with Crippen molar-refractivity contribution in [3.63, 3.8) is 0 Å². The lowest BCUT2D eigenvalue weighted by Crippen LogP contribution is -2.29. The second-order valence-corrected chi connectivity index (χ2v) is 9.34. The topological polar surface area (TPSA) is 97.8 Å². The van der Waals surface area contributed by atoms with Crippen LogP contribution in [0.4, 0.5) is 10.5 Å². The molecule has 2 N–H and O–H groups in total. The third-order valence-corrected chi connectivity index (χ3v) is 6.49. The Kier molecular flexibility index (Phi) is 9.62. The Bertz CT molecular complexity index is 1200. The van der Waals surface area contributed by atoms with Gasteiger partial charge in [-0.05, 0) is 57.0 Å². The van der Waals surface area contributed by atoms with Crippen LogP contribution in [0.1, 0.15) is 39.0 Å². The maximum Gasteiger partial charge on any atom is 0.319 e. The Morgan fingerprint density at radius 3 is 2.70 bits per heavy atom. The molecular formula is C27H34ClN5O4. The summed E-state index contributed by atoms with van der Waals surface area (Å²) in [6.45, 7) is 6.67. The summed E-state index contributed by atoms with van der Waals surface area (Å²) < 4.78 is 17.7. The molecule has 0 radical (unpaired) electrons. The number of ether oxygens (including phenoxy) is 3. The first-order valence-corrected chi connectivity index (χ1v) is 13.2. The summed E-state index contributed by atoms with van der Waals surface area (Å²) in [6.07, 6.45) is 6.88. The van der Waals surface area contributed by atoms with Gasteiger partial charge in [0, 0.05) is 25.2 Å². The van der Waals surface area contributed by atoms with Crippen LogP contribution in [0.5, 0.6) is 23.1 Å². The lowest BCUT2D eigenvalue weighted by Gasteiger charge is -2.16. The lowest BCUT2D eigenvalue weighted by molar-refractivity contribution is 0.252. The molecule has 1 aliphatic rings. The smallest absolute Gasteiger partial charge is 0.319 e. The Morgan fingerprint density at radius 1 is 1.11 bits per heavy atom. The standard InChI is InChI=1S/C27H34ClN5O4/c1-3-4-10-29-27(34)32-22-9-8-19(15-21(22)28)37-26-20-16-24(35-2)25(17-23(20)30-18-31-26)36-14-7-13-33-11-5-6-12-33/h8-9,15-18H,3-7,10-14H2,1-2H3,(H2,29,32,34). The van der Waals surface area contributed by atoms with Gasteiger partial charge in [0.05, 0.1) is 35.3 Å². The fourth-order valence-electron chi connectivity index (χ4n) is 4.19. The van der Waals surface area contributed by atoms with Gasteiger partial charge in [0.1, 0.15) is 12.1 Å². The number of nitrogens with zero attached hydrogens (tertiary/aromatic N) is 3. The van der Waals surface area contributed by atoms with Gasteiger partial charge in [0.2, 0.25) is 5.88 Å². The van der Waals surface area contributed by atoms with Gasteiger partial charge in [-0.1, -0.05) is 24.9 Å². The van der Waals surface area contributed by atoms with E-state index in [9.17, 15) is 4.79 Å². The number of fused-ring (bicyclic) bond motifs is 1. The molecule has 1 fully saturated rings. The van der Waals surface area contributed by atoms with Crippen molar-refractivity contribution in [3.8, 4) is 23.1 Å². The van der Waals surface area contributed by atoms with Gasteiger partial charge in [-0.15, -0.1) is 0 Å². The molecule has 0 atom stereocenters. The van der Waals surface area contributed by atoms with Gasteiger partial charge in [-0.25, -0.2) is 14.8 Å². The molecule has 198 valence electrons. The number of carbonyl (C=O) groups is 1. The van der Waals surface area contributed by atoms with Crippen LogP contribution in [0.25, 0.3) is 10.9 Å². The Morgan fingerprint density at radius 2 is 1.95 bits per heavy atom. The number of methoxy groups -OCH3 is 1. The summed E-state index contributed by atoms with van der Waals surface area (Å²) in [5.74, 6) is 2.05. The second kappa shape index (κ2) is 13.3. The molecule has 0 aliphatic carbocycles. The van der Waals surface area contributed by atoms with E-state index in [0.717, 1.165) is 25.8 Å². The average Bonchev–Trinajstić information content (AvgIpc) is 3.42. The molecule has 1 saturated heterocycles. The van der Waals surface area contributed by atoms with Crippen molar-refractivity contribution in [2.24, 2.45) is 0 Å². The molecule has 0 bridgehead atoms. The number of benzene rings is 2. The van der Waals surface area contributed by atoms with Crippen LogP contribution in [0, 0.1) is 0 Å². The summed E-state index contributed by atoms with van der Waals surface area (Å²) in [5.41, 5.74) is 1.16. The quantitative estimate of drug-likeness (QED) is 0.284. The first kappa shape index (κ1) is 26.8. The minimum absolute atomic E-state index is 0.299. The van der Waals surface area contributed by atoms with Crippen molar-refractivity contribution in [3.05, 3.63) is 41.7 Å². The number of hydrogen-bond donors (Lipinski definition) is 2. The molecule has 4 rings (SSSR count). The third kappa shape index (κ3) is 7.36. The van der Waals surface area contributed by atoms with E-state index in [1.807, 2.05) is 12.1 Å². The van der Waals surface area contributed by atoms with E-state index in [4.69, 9.17) is 25.8 Å². The Hall–Kier alpha value is -3.30. The molecule has 3 aromatic rings. The number of nitrogens with one attached hydrogen (secondary N) is 2. The van der Waals surface area contributed by atoms with E-state index in [1.165, 1.54) is 32.3 Å². The van der Waals surface area contributed by atoms with Crippen LogP contribution in [-0.4, -0.2) is 60.8 Å². The zero-order chi connectivity index (χ0) is 26.0. The van der Waals surface area contributed by atoms with Crippen LogP contribution in [0.15, 0.2) is 36.7 Å². The van der Waals surface area contributed by atoms with Crippen molar-refractivity contribution in [1.29, 1.82) is 0 Å². The van der Waals surface area contributed by atoms with Crippen LogP contribution in [0.3, 0.4) is 0 Å². The number of carbonyl (C=O) groups excluding carboxylic acids is 1. The van der Waals surface area contributed by atoms with Gasteiger partial charge < -0.3 is 29.7 Å². The van der Waals surface area contributed by atoms with E-state index < -0.39 is 0 Å². The highest BCUT2D eigenvalue weighted by atomic mass is 35.5. The molecule has 1 aromatic heterocycles. The zero-order valence-corrected chi connectivity index (χ0v) is 22.1. The second-order valence-electron chi connectivity index (χ2n) is 8.93. The van der Waals surface area contributed by atoms with Crippen molar-refractivity contribution < 1.29 is 19.0 Å². The highest BCUT2D eigenvalue weighted by molar-refractivity contribution is 6.33. The van der Waals surface area contributed by atoms with Crippen LogP contribution in [-0.2, 0) is 0 Å². The molecule has 37 heavy (non-hydrogen) atoms. The SMILES string of the molecule is CCCCNC(=O)Nc1ccc(Oc2ncnc3cc(OCCCN4CCCC4)c(OC)cc23)cc1Cl. The van der Waals surface area contributed by atoms with Gasteiger partial charge in [-0.2, -0.15) is 0 Å². The predicted octanol–water partition coefficient (Wildman–Crippen LogP) is 5.87. The molecule has 9 nitrogen and oxygen atoms in total. The van der Waals surface area contributed by atoms with E-state index in [1.54, 1.807) is 25.3 Å². The lowest BCUT2D eigenvalue weighted by atomic mass is 10.2. The molecule has 2 aromatic carbocycles. The summed E-state index contributed by atoms with van der Waals surface area (Å²) in [6, 6.07) is 8.40. The maximum absolute atomic E-state index is 12.0. The van der Waals surface area contributed by atoms with Crippen LogP contribution >= 0.6 is 11.6 Å². The monoisotopic (exact) mass is 527 g/mol. The number of aromatic nitrogens is 2. The third-order valence-electron chi connectivity index (χ3n) is 6.18. The number of unbranched alkanes of at least 4 members (excludes halogenated alkanes) is 1. The molecule has 0 saturated carbocycles. The number of halogens is 1. The number of likely N-dealkylation sites (tertiary alicyclic amines) is 1. The average molecular weight is 528 g/mol. The highest BCUT2D eigenvalue weighted by Gasteiger charge is 2.15. The summed E-state index contributed by atoms with van der Waals surface area (Å²) in [7, 11) is 1.60. The maximum atomic E-state index is 12.0. The fourth-order valence-corrected chi connectivity index (χ4v) is 4.41. The van der Waals surface area contributed by atoms with E-state index in [-0.39, 0.29) is 6.03 Å². The molecule has 10 heteroatoms. The summed E-state index contributed by atoms with van der Waals surface area (Å²) >= 11 is 6.39. The normalized spacial score (nSPS) is 13.5. The Balaban J connectivity index is 1.43. The van der Waals surface area contributed by atoms with Crippen molar-refractivity contribution in [2.45, 2.75) is 39.0 Å². The number of urea groups is 1.